The fourth-order valence-corrected chi connectivity index (χ4v) is 3.47. The molecule has 108 valence electrons. The smallest absolute Gasteiger partial charge is 0.242 e. The zero-order chi connectivity index (χ0) is 13.9. The van der Waals surface area contributed by atoms with Crippen LogP contribution in [0.3, 0.4) is 0 Å². The molecule has 1 aliphatic heterocycles. The second-order valence-electron chi connectivity index (χ2n) is 4.93. The fraction of sp³-hybridized carbons (Fsp3) is 0.667. The van der Waals surface area contributed by atoms with Crippen molar-refractivity contribution in [2.45, 2.75) is 24.3 Å². The van der Waals surface area contributed by atoms with Crippen LogP contribution in [0.25, 0.3) is 0 Å². The third-order valence-electron chi connectivity index (χ3n) is 3.52. The second-order valence-corrected chi connectivity index (χ2v) is 6.70. The van der Waals surface area contributed by atoms with Crippen molar-refractivity contribution >= 4 is 10.0 Å². The summed E-state index contributed by atoms with van der Waals surface area (Å²) in [5, 5.41) is 0. The summed E-state index contributed by atoms with van der Waals surface area (Å²) in [4.78, 5) is 2.57. The lowest BCUT2D eigenvalue weighted by atomic mass is 10.4. The Morgan fingerprint density at radius 3 is 2.63 bits per heavy atom. The minimum Gasteiger partial charge on any atom is -0.352 e. The highest BCUT2D eigenvalue weighted by molar-refractivity contribution is 7.89. The monoisotopic (exact) mass is 286 g/mol. The largest absolute Gasteiger partial charge is 0.352 e. The van der Waals surface area contributed by atoms with Crippen LogP contribution in [0.5, 0.6) is 0 Å². The number of nitrogens with two attached hydrogens (primary N) is 1. The number of likely N-dealkylation sites (tertiary alicyclic amines) is 1. The Hall–Kier alpha value is -0.890. The molecular weight excluding hydrogens is 264 g/mol. The van der Waals surface area contributed by atoms with Crippen LogP contribution >= 0.6 is 0 Å². The molecule has 0 aromatic carbocycles. The van der Waals surface area contributed by atoms with E-state index in [9.17, 15) is 8.42 Å². The molecule has 6 nitrogen and oxygen atoms in total. The SMILES string of the molecule is Cn1cc(S(=O)(=O)NCCN2CCCC2)cc1CN. The van der Waals surface area contributed by atoms with Crippen molar-refractivity contribution in [1.82, 2.24) is 14.2 Å². The van der Waals surface area contributed by atoms with Gasteiger partial charge in [-0.15, -0.1) is 0 Å². The lowest BCUT2D eigenvalue weighted by molar-refractivity contribution is 0.344. The third-order valence-corrected chi connectivity index (χ3v) is 4.95. The summed E-state index contributed by atoms with van der Waals surface area (Å²) in [5.41, 5.74) is 6.35. The lowest BCUT2D eigenvalue weighted by Crippen LogP contribution is -2.33. The summed E-state index contributed by atoms with van der Waals surface area (Å²) < 4.78 is 28.6. The van der Waals surface area contributed by atoms with Gasteiger partial charge in [0.2, 0.25) is 10.0 Å². The summed E-state index contributed by atoms with van der Waals surface area (Å²) in [7, 11) is -1.62. The zero-order valence-corrected chi connectivity index (χ0v) is 12.1. The van der Waals surface area contributed by atoms with Crippen molar-refractivity contribution < 1.29 is 8.42 Å². The van der Waals surface area contributed by atoms with Crippen LogP contribution < -0.4 is 10.5 Å². The number of rotatable bonds is 6. The maximum absolute atomic E-state index is 12.1. The van der Waals surface area contributed by atoms with E-state index in [1.165, 1.54) is 12.8 Å². The molecule has 1 aliphatic rings. The fourth-order valence-electron chi connectivity index (χ4n) is 2.35. The van der Waals surface area contributed by atoms with Crippen molar-refractivity contribution in [2.24, 2.45) is 12.8 Å². The van der Waals surface area contributed by atoms with Gasteiger partial charge in [0, 0.05) is 38.6 Å². The Morgan fingerprint density at radius 2 is 2.05 bits per heavy atom. The molecule has 0 spiro atoms. The van der Waals surface area contributed by atoms with E-state index in [-0.39, 0.29) is 4.90 Å². The van der Waals surface area contributed by atoms with Crippen molar-refractivity contribution in [2.75, 3.05) is 26.2 Å². The maximum Gasteiger partial charge on any atom is 0.242 e. The molecule has 2 heterocycles. The Morgan fingerprint density at radius 1 is 1.37 bits per heavy atom. The molecule has 0 unspecified atom stereocenters. The zero-order valence-electron chi connectivity index (χ0n) is 11.3. The number of nitrogens with zero attached hydrogens (tertiary/aromatic N) is 2. The molecule has 1 aromatic rings. The van der Waals surface area contributed by atoms with Crippen LogP contribution in [0, 0.1) is 0 Å². The highest BCUT2D eigenvalue weighted by atomic mass is 32.2. The standard InChI is InChI=1S/C12H22N4O2S/c1-15-10-12(8-11(15)9-13)19(17,18)14-4-7-16-5-2-3-6-16/h8,10,14H,2-7,9,13H2,1H3. The average molecular weight is 286 g/mol. The van der Waals surface area contributed by atoms with E-state index in [1.807, 2.05) is 0 Å². The predicted molar refractivity (Wildman–Crippen MR) is 74.2 cm³/mol. The molecule has 1 aromatic heterocycles. The van der Waals surface area contributed by atoms with Gasteiger partial charge in [0.1, 0.15) is 0 Å². The number of nitrogens with one attached hydrogen (secondary N) is 1. The normalized spacial score (nSPS) is 17.2. The molecule has 19 heavy (non-hydrogen) atoms. The molecular formula is C12H22N4O2S. The molecule has 0 saturated carbocycles. The summed E-state index contributed by atoms with van der Waals surface area (Å²) in [6.07, 6.45) is 4.02. The van der Waals surface area contributed by atoms with Gasteiger partial charge >= 0.3 is 0 Å². The van der Waals surface area contributed by atoms with Crippen molar-refractivity contribution in [3.05, 3.63) is 18.0 Å². The van der Waals surface area contributed by atoms with Gasteiger partial charge in [-0.25, -0.2) is 13.1 Å². The van der Waals surface area contributed by atoms with E-state index >= 15 is 0 Å². The maximum atomic E-state index is 12.1. The van der Waals surface area contributed by atoms with Crippen molar-refractivity contribution in [1.29, 1.82) is 0 Å². The molecule has 2 rings (SSSR count). The topological polar surface area (TPSA) is 80.4 Å². The first-order chi connectivity index (χ1) is 9.03. The predicted octanol–water partition coefficient (Wildman–Crippen LogP) is -0.142. The number of aromatic nitrogens is 1. The van der Waals surface area contributed by atoms with Crippen LogP contribution in [0.2, 0.25) is 0 Å². The van der Waals surface area contributed by atoms with E-state index in [2.05, 4.69) is 9.62 Å². The molecule has 1 saturated heterocycles. The van der Waals surface area contributed by atoms with Gasteiger partial charge in [0.15, 0.2) is 0 Å². The first-order valence-corrected chi connectivity index (χ1v) is 8.08. The highest BCUT2D eigenvalue weighted by Crippen LogP contribution is 2.13. The van der Waals surface area contributed by atoms with Gasteiger partial charge < -0.3 is 15.2 Å². The Kier molecular flexibility index (Phi) is 4.62. The minimum absolute atomic E-state index is 0.289. The summed E-state index contributed by atoms with van der Waals surface area (Å²) in [5.74, 6) is 0. The second kappa shape index (κ2) is 6.04. The van der Waals surface area contributed by atoms with Gasteiger partial charge in [0.25, 0.3) is 0 Å². The quantitative estimate of drug-likeness (QED) is 0.762. The third kappa shape index (κ3) is 3.56. The van der Waals surface area contributed by atoms with E-state index in [4.69, 9.17) is 5.73 Å². The molecule has 0 atom stereocenters. The van der Waals surface area contributed by atoms with E-state index in [1.54, 1.807) is 23.9 Å². The molecule has 0 amide bonds. The van der Waals surface area contributed by atoms with Crippen LogP contribution in [0.15, 0.2) is 17.2 Å². The van der Waals surface area contributed by atoms with Gasteiger partial charge in [-0.05, 0) is 32.0 Å². The number of hydrogen-bond acceptors (Lipinski definition) is 4. The molecule has 0 aliphatic carbocycles. The summed E-state index contributed by atoms with van der Waals surface area (Å²) >= 11 is 0. The molecule has 7 heteroatoms. The van der Waals surface area contributed by atoms with Crippen molar-refractivity contribution in [3.8, 4) is 0 Å². The Labute approximate surface area is 114 Å². The average Bonchev–Trinajstić information content (AvgIpc) is 2.98. The van der Waals surface area contributed by atoms with Crippen LogP contribution in [-0.4, -0.2) is 44.1 Å². The molecule has 0 radical (unpaired) electrons. The highest BCUT2D eigenvalue weighted by Gasteiger charge is 2.18. The molecule has 1 fully saturated rings. The summed E-state index contributed by atoms with van der Waals surface area (Å²) in [6, 6.07) is 1.62. The van der Waals surface area contributed by atoms with Crippen LogP contribution in [0.4, 0.5) is 0 Å². The van der Waals surface area contributed by atoms with Crippen LogP contribution in [0.1, 0.15) is 18.5 Å². The molecule has 3 N–H and O–H groups in total. The molecule has 0 bridgehead atoms. The number of aryl methyl sites for hydroxylation is 1. The first kappa shape index (κ1) is 14.5. The van der Waals surface area contributed by atoms with Crippen molar-refractivity contribution in [3.63, 3.8) is 0 Å². The number of sulfonamides is 1. The van der Waals surface area contributed by atoms with Crippen LogP contribution in [-0.2, 0) is 23.6 Å². The Balaban J connectivity index is 1.93. The lowest BCUT2D eigenvalue weighted by Gasteiger charge is -2.14. The summed E-state index contributed by atoms with van der Waals surface area (Å²) in [6.45, 7) is 3.71. The van der Waals surface area contributed by atoms with Gasteiger partial charge in [0.05, 0.1) is 4.90 Å². The van der Waals surface area contributed by atoms with E-state index in [0.29, 0.717) is 13.1 Å². The van der Waals surface area contributed by atoms with E-state index < -0.39 is 10.0 Å². The minimum atomic E-state index is -3.42. The first-order valence-electron chi connectivity index (χ1n) is 6.60. The van der Waals surface area contributed by atoms with Gasteiger partial charge in [-0.2, -0.15) is 0 Å². The Bertz CT molecular complexity index is 518. The van der Waals surface area contributed by atoms with Gasteiger partial charge in [-0.3, -0.25) is 0 Å². The number of hydrogen-bond donors (Lipinski definition) is 2. The van der Waals surface area contributed by atoms with E-state index in [0.717, 1.165) is 25.3 Å². The van der Waals surface area contributed by atoms with Gasteiger partial charge in [-0.1, -0.05) is 0 Å².